The van der Waals surface area contributed by atoms with Gasteiger partial charge in [0.25, 0.3) is 0 Å². The minimum atomic E-state index is -0.149. The van der Waals surface area contributed by atoms with Gasteiger partial charge in [0.05, 0.1) is 11.1 Å². The zero-order valence-electron chi connectivity index (χ0n) is 21.7. The fourth-order valence-corrected chi connectivity index (χ4v) is 5.78. The molecule has 0 spiro atoms. The fourth-order valence-electron chi connectivity index (χ4n) is 5.78. The topological polar surface area (TPSA) is 93.2 Å². The third-order valence-electron chi connectivity index (χ3n) is 7.85. The van der Waals surface area contributed by atoms with Crippen molar-refractivity contribution in [2.24, 2.45) is 9.98 Å². The average Bonchev–Trinajstić information content (AvgIpc) is 3.84. The smallest absolute Gasteiger partial charge is 0.231 e. The lowest BCUT2D eigenvalue weighted by Gasteiger charge is -2.06. The van der Waals surface area contributed by atoms with Gasteiger partial charge >= 0.3 is 0 Å². The Morgan fingerprint density at radius 3 is 1.51 bits per heavy atom. The second-order valence-corrected chi connectivity index (χ2v) is 10.2. The minimum Gasteiger partial charge on any atom is -0.475 e. The first-order valence-electron chi connectivity index (χ1n) is 13.4. The first kappa shape index (κ1) is 22.6. The number of para-hydroxylation sites is 2. The summed E-state index contributed by atoms with van der Waals surface area (Å²) in [7, 11) is 0. The first-order valence-corrected chi connectivity index (χ1v) is 13.4. The summed E-state index contributed by atoms with van der Waals surface area (Å²) in [5.74, 6) is 4.06. The van der Waals surface area contributed by atoms with E-state index in [9.17, 15) is 0 Å². The van der Waals surface area contributed by atoms with E-state index in [2.05, 4.69) is 0 Å². The molecular weight excluding hydrogens is 524 g/mol. The monoisotopic (exact) mass is 546 g/mol. The van der Waals surface area contributed by atoms with Crippen LogP contribution in [0.15, 0.2) is 87.2 Å². The van der Waals surface area contributed by atoms with E-state index < -0.39 is 0 Å². The Balaban J connectivity index is 1.08. The van der Waals surface area contributed by atoms with E-state index in [1.165, 1.54) is 0 Å². The largest absolute Gasteiger partial charge is 0.475 e. The Morgan fingerprint density at radius 2 is 1.00 bits per heavy atom. The Bertz CT molecular complexity index is 1800. The van der Waals surface area contributed by atoms with E-state index in [4.69, 9.17) is 42.8 Å². The zero-order chi connectivity index (χ0) is 26.9. The number of aliphatic imine (C=N–C) groups is 2. The maximum atomic E-state index is 6.55. The fraction of sp³-hybridized carbons (Fsp3) is 0.188. The molecule has 0 N–H and O–H groups in total. The van der Waals surface area contributed by atoms with Gasteiger partial charge in [-0.15, -0.1) is 0 Å². The normalized spacial score (nSPS) is 20.3. The van der Waals surface area contributed by atoms with Gasteiger partial charge in [0.2, 0.25) is 25.4 Å². The molecule has 9 heteroatoms. The van der Waals surface area contributed by atoms with Crippen LogP contribution in [0.5, 0.6) is 23.0 Å². The van der Waals surface area contributed by atoms with Crippen molar-refractivity contribution in [1.82, 2.24) is 0 Å². The standard InChI is InChI=1S/C32H22N2O7/c1-3-19-20-4-2-6-22(32-34-24(14-36-32)18-8-10-26-28(12-18)40-16-38-26)30(20)41-29(19)21(5-1)31-33-23(13-35-31)17-7-9-25-27(11-17)39-15-37-25/h1-12,23-24H,13-16H2/t23-,24-/m0/s1. The summed E-state index contributed by atoms with van der Waals surface area (Å²) in [4.78, 5) is 9.83. The molecule has 0 amide bonds. The lowest BCUT2D eigenvalue weighted by Crippen LogP contribution is -2.02. The highest BCUT2D eigenvalue weighted by molar-refractivity contribution is 6.17. The number of furan rings is 1. The summed E-state index contributed by atoms with van der Waals surface area (Å²) >= 11 is 0. The number of ether oxygens (including phenoxy) is 6. The van der Waals surface area contributed by atoms with E-state index in [1.54, 1.807) is 0 Å². The Hall–Kier alpha value is -5.18. The molecule has 0 fully saturated rings. The van der Waals surface area contributed by atoms with E-state index in [1.807, 2.05) is 72.8 Å². The average molecular weight is 547 g/mol. The van der Waals surface area contributed by atoms with Crippen molar-refractivity contribution in [2.75, 3.05) is 26.8 Å². The summed E-state index contributed by atoms with van der Waals surface area (Å²) in [6.45, 7) is 1.34. The molecule has 9 nitrogen and oxygen atoms in total. The van der Waals surface area contributed by atoms with Crippen LogP contribution in [0.2, 0.25) is 0 Å². The molecule has 4 aliphatic rings. The highest BCUT2D eigenvalue weighted by Gasteiger charge is 2.29. The summed E-state index contributed by atoms with van der Waals surface area (Å²) in [5.41, 5.74) is 5.06. The van der Waals surface area contributed by atoms with Crippen LogP contribution in [0, 0.1) is 0 Å². The molecule has 2 atom stereocenters. The van der Waals surface area contributed by atoms with Gasteiger partial charge in [-0.05, 0) is 47.5 Å². The van der Waals surface area contributed by atoms with Crippen LogP contribution in [0.4, 0.5) is 0 Å². The second-order valence-electron chi connectivity index (χ2n) is 10.2. The van der Waals surface area contributed by atoms with Gasteiger partial charge in [0.1, 0.15) is 36.5 Å². The molecule has 0 saturated carbocycles. The van der Waals surface area contributed by atoms with Crippen molar-refractivity contribution in [1.29, 1.82) is 0 Å². The molecule has 4 aromatic carbocycles. The molecule has 0 aliphatic carbocycles. The third kappa shape index (κ3) is 3.55. The summed E-state index contributed by atoms with van der Waals surface area (Å²) in [6, 6.07) is 23.5. The van der Waals surface area contributed by atoms with Crippen molar-refractivity contribution in [3.8, 4) is 23.0 Å². The Kier molecular flexibility index (Phi) is 4.78. The summed E-state index contributed by atoms with van der Waals surface area (Å²) in [5, 5.41) is 1.95. The SMILES string of the molecule is c1cc(C2=N[C@H](c3ccc4c(c3)OCO4)CO2)c2oc3c(C4=N[C@H](c5ccc6c(c5)OCO6)CO4)cccc3c2c1. The summed E-state index contributed by atoms with van der Waals surface area (Å²) in [6.07, 6.45) is 0. The molecule has 9 rings (SSSR count). The van der Waals surface area contributed by atoms with Gasteiger partial charge in [0, 0.05) is 10.8 Å². The highest BCUT2D eigenvalue weighted by Crippen LogP contribution is 2.40. The highest BCUT2D eigenvalue weighted by atomic mass is 16.7. The number of nitrogens with zero attached hydrogens (tertiary/aromatic N) is 2. The van der Waals surface area contributed by atoms with Crippen LogP contribution in [-0.2, 0) is 9.47 Å². The van der Waals surface area contributed by atoms with Gasteiger partial charge in [-0.3, -0.25) is 0 Å². The zero-order valence-corrected chi connectivity index (χ0v) is 21.7. The predicted molar refractivity (Wildman–Crippen MR) is 149 cm³/mol. The van der Waals surface area contributed by atoms with Crippen LogP contribution in [0.1, 0.15) is 34.3 Å². The van der Waals surface area contributed by atoms with E-state index in [0.29, 0.717) is 36.2 Å². The van der Waals surface area contributed by atoms with Crippen LogP contribution in [0.25, 0.3) is 21.9 Å². The van der Waals surface area contributed by atoms with Crippen molar-refractivity contribution < 1.29 is 32.8 Å². The van der Waals surface area contributed by atoms with Crippen LogP contribution >= 0.6 is 0 Å². The number of hydrogen-bond donors (Lipinski definition) is 0. The molecule has 41 heavy (non-hydrogen) atoms. The van der Waals surface area contributed by atoms with Gasteiger partial charge in [-0.2, -0.15) is 0 Å². The number of rotatable bonds is 4. The van der Waals surface area contributed by atoms with E-state index in [0.717, 1.165) is 56.0 Å². The Morgan fingerprint density at radius 1 is 0.512 bits per heavy atom. The van der Waals surface area contributed by atoms with Crippen LogP contribution in [-0.4, -0.2) is 38.6 Å². The van der Waals surface area contributed by atoms with E-state index >= 15 is 0 Å². The maximum absolute atomic E-state index is 6.55. The molecule has 0 saturated heterocycles. The summed E-state index contributed by atoms with van der Waals surface area (Å²) < 4.78 is 40.7. The van der Waals surface area contributed by atoms with Crippen molar-refractivity contribution in [3.05, 3.63) is 95.1 Å². The molecule has 0 bridgehead atoms. The number of benzene rings is 4. The molecule has 5 aromatic rings. The van der Waals surface area contributed by atoms with E-state index in [-0.39, 0.29) is 25.7 Å². The molecule has 202 valence electrons. The van der Waals surface area contributed by atoms with Crippen molar-refractivity contribution in [2.45, 2.75) is 12.1 Å². The molecule has 4 aliphatic heterocycles. The molecule has 0 radical (unpaired) electrons. The molecule has 1 aromatic heterocycles. The molecule has 5 heterocycles. The van der Waals surface area contributed by atoms with Crippen molar-refractivity contribution >= 4 is 33.7 Å². The second kappa shape index (κ2) is 8.66. The van der Waals surface area contributed by atoms with Gasteiger partial charge in [-0.1, -0.05) is 36.4 Å². The van der Waals surface area contributed by atoms with Gasteiger partial charge in [-0.25, -0.2) is 9.98 Å². The van der Waals surface area contributed by atoms with Crippen LogP contribution in [0.3, 0.4) is 0 Å². The first-order chi connectivity index (χ1) is 20.3. The van der Waals surface area contributed by atoms with Crippen molar-refractivity contribution in [3.63, 3.8) is 0 Å². The van der Waals surface area contributed by atoms with Gasteiger partial charge in [0.15, 0.2) is 23.0 Å². The predicted octanol–water partition coefficient (Wildman–Crippen LogP) is 6.08. The quantitative estimate of drug-likeness (QED) is 0.270. The minimum absolute atomic E-state index is 0.149. The van der Waals surface area contributed by atoms with Crippen LogP contribution < -0.4 is 18.9 Å². The lowest BCUT2D eigenvalue weighted by molar-refractivity contribution is 0.173. The number of fused-ring (bicyclic) bond motifs is 5. The molecular formula is C32H22N2O7. The molecule has 0 unspecified atom stereocenters. The number of hydrogen-bond acceptors (Lipinski definition) is 9. The maximum Gasteiger partial charge on any atom is 0.231 e. The lowest BCUT2D eigenvalue weighted by atomic mass is 10.1. The van der Waals surface area contributed by atoms with Gasteiger partial charge < -0.3 is 32.8 Å². The Labute approximate surface area is 233 Å². The third-order valence-corrected chi connectivity index (χ3v) is 7.85.